The lowest BCUT2D eigenvalue weighted by Gasteiger charge is -2.48. The maximum absolute atomic E-state index is 6.08. The van der Waals surface area contributed by atoms with Crippen LogP contribution in [0.4, 0.5) is 0 Å². The molecule has 1 aliphatic carbocycles. The van der Waals surface area contributed by atoms with Gasteiger partial charge < -0.3 is 10.1 Å². The van der Waals surface area contributed by atoms with Gasteiger partial charge in [0, 0.05) is 12.6 Å². The van der Waals surface area contributed by atoms with Crippen molar-refractivity contribution < 1.29 is 4.74 Å². The fourth-order valence-electron chi connectivity index (χ4n) is 4.13. The quantitative estimate of drug-likeness (QED) is 0.888. The van der Waals surface area contributed by atoms with Crippen LogP contribution >= 0.6 is 0 Å². The predicted octanol–water partition coefficient (Wildman–Crippen LogP) is 3.86. The highest BCUT2D eigenvalue weighted by atomic mass is 16.5. The first kappa shape index (κ1) is 15.1. The molecule has 0 bridgehead atoms. The van der Waals surface area contributed by atoms with Crippen LogP contribution in [-0.4, -0.2) is 25.3 Å². The molecule has 2 atom stereocenters. The molecule has 21 heavy (non-hydrogen) atoms. The van der Waals surface area contributed by atoms with Gasteiger partial charge in [-0.2, -0.15) is 0 Å². The van der Waals surface area contributed by atoms with Crippen molar-refractivity contribution in [3.8, 4) is 0 Å². The molecule has 0 amide bonds. The van der Waals surface area contributed by atoms with Gasteiger partial charge in [-0.3, -0.25) is 0 Å². The average molecular weight is 287 g/mol. The second-order valence-electron chi connectivity index (χ2n) is 7.06. The summed E-state index contributed by atoms with van der Waals surface area (Å²) in [6.07, 6.45) is 8.85. The molecule has 1 saturated heterocycles. The highest BCUT2D eigenvalue weighted by Gasteiger charge is 2.43. The summed E-state index contributed by atoms with van der Waals surface area (Å²) in [6.45, 7) is 3.14. The fraction of sp³-hybridized carbons (Fsp3) is 0.684. The third kappa shape index (κ3) is 3.49. The lowest BCUT2D eigenvalue weighted by Crippen LogP contribution is -2.49. The van der Waals surface area contributed by atoms with Gasteiger partial charge >= 0.3 is 0 Å². The van der Waals surface area contributed by atoms with Crippen molar-refractivity contribution >= 4 is 0 Å². The lowest BCUT2D eigenvalue weighted by molar-refractivity contribution is -0.147. The third-order valence-corrected chi connectivity index (χ3v) is 5.56. The van der Waals surface area contributed by atoms with Crippen molar-refractivity contribution in [2.75, 3.05) is 13.7 Å². The number of benzene rings is 1. The molecular formula is C19H29NO. The number of hydrogen-bond acceptors (Lipinski definition) is 2. The Morgan fingerprint density at radius 2 is 2.24 bits per heavy atom. The zero-order valence-corrected chi connectivity index (χ0v) is 13.5. The summed E-state index contributed by atoms with van der Waals surface area (Å²) in [4.78, 5) is 0. The van der Waals surface area contributed by atoms with Crippen LogP contribution in [0.1, 0.15) is 49.7 Å². The van der Waals surface area contributed by atoms with E-state index < -0.39 is 0 Å². The molecule has 1 heterocycles. The van der Waals surface area contributed by atoms with Gasteiger partial charge in [-0.05, 0) is 70.4 Å². The Kier molecular flexibility index (Phi) is 4.66. The van der Waals surface area contributed by atoms with Crippen LogP contribution in [0.5, 0.6) is 0 Å². The van der Waals surface area contributed by atoms with Crippen LogP contribution in [0.15, 0.2) is 24.3 Å². The highest BCUT2D eigenvalue weighted by molar-refractivity contribution is 5.22. The van der Waals surface area contributed by atoms with E-state index in [9.17, 15) is 0 Å². The van der Waals surface area contributed by atoms with Crippen LogP contribution in [0.3, 0.4) is 0 Å². The SMILES string of the molecule is CNC(CCc1cccc(C)c1)C1CCOC2(CCC2)C1. The normalized spacial score (nSPS) is 25.5. The minimum atomic E-state index is 0.265. The van der Waals surface area contributed by atoms with Gasteiger partial charge in [-0.15, -0.1) is 0 Å². The van der Waals surface area contributed by atoms with E-state index in [-0.39, 0.29) is 5.60 Å². The summed E-state index contributed by atoms with van der Waals surface area (Å²) >= 11 is 0. The van der Waals surface area contributed by atoms with Gasteiger partial charge in [-0.25, -0.2) is 0 Å². The molecule has 2 heteroatoms. The first-order chi connectivity index (χ1) is 10.2. The van der Waals surface area contributed by atoms with E-state index in [0.717, 1.165) is 12.5 Å². The van der Waals surface area contributed by atoms with Crippen molar-refractivity contribution in [3.05, 3.63) is 35.4 Å². The van der Waals surface area contributed by atoms with E-state index in [1.54, 1.807) is 0 Å². The first-order valence-corrected chi connectivity index (χ1v) is 8.58. The fourth-order valence-corrected chi connectivity index (χ4v) is 4.13. The number of aryl methyl sites for hydroxylation is 2. The monoisotopic (exact) mass is 287 g/mol. The van der Waals surface area contributed by atoms with E-state index in [4.69, 9.17) is 4.74 Å². The highest BCUT2D eigenvalue weighted by Crippen LogP contribution is 2.45. The molecule has 1 N–H and O–H groups in total. The van der Waals surface area contributed by atoms with Crippen molar-refractivity contribution in [2.24, 2.45) is 5.92 Å². The largest absolute Gasteiger partial charge is 0.375 e. The standard InChI is InChI=1S/C19H29NO/c1-15-5-3-6-16(13-15)7-8-18(20-2)17-9-12-21-19(14-17)10-4-11-19/h3,5-6,13,17-18,20H,4,7-12,14H2,1-2H3. The second kappa shape index (κ2) is 6.50. The van der Waals surface area contributed by atoms with Crippen LogP contribution in [-0.2, 0) is 11.2 Å². The van der Waals surface area contributed by atoms with Crippen LogP contribution in [0.2, 0.25) is 0 Å². The van der Waals surface area contributed by atoms with Crippen molar-refractivity contribution in [2.45, 2.75) is 63.5 Å². The molecule has 1 aromatic carbocycles. The summed E-state index contributed by atoms with van der Waals surface area (Å²) in [5.74, 6) is 0.786. The molecule has 3 rings (SSSR count). The summed E-state index contributed by atoms with van der Waals surface area (Å²) in [6, 6.07) is 9.57. The zero-order valence-electron chi connectivity index (χ0n) is 13.5. The minimum absolute atomic E-state index is 0.265. The van der Waals surface area contributed by atoms with Crippen LogP contribution < -0.4 is 5.32 Å². The molecule has 0 radical (unpaired) electrons. The van der Waals surface area contributed by atoms with Gasteiger partial charge in [0.2, 0.25) is 0 Å². The average Bonchev–Trinajstić information content (AvgIpc) is 2.47. The molecule has 2 fully saturated rings. The molecule has 2 unspecified atom stereocenters. The molecule has 1 aromatic rings. The summed E-state index contributed by atoms with van der Waals surface area (Å²) in [7, 11) is 2.13. The first-order valence-electron chi connectivity index (χ1n) is 8.58. The Balaban J connectivity index is 1.57. The van der Waals surface area contributed by atoms with Crippen LogP contribution in [0.25, 0.3) is 0 Å². The number of hydrogen-bond donors (Lipinski definition) is 1. The molecule has 0 aromatic heterocycles. The number of ether oxygens (including phenoxy) is 1. The lowest BCUT2D eigenvalue weighted by atomic mass is 9.70. The van der Waals surface area contributed by atoms with E-state index in [1.807, 2.05) is 0 Å². The van der Waals surface area contributed by atoms with E-state index >= 15 is 0 Å². The molecule has 116 valence electrons. The van der Waals surface area contributed by atoms with Gasteiger partial charge in [0.15, 0.2) is 0 Å². The molecule has 2 nitrogen and oxygen atoms in total. The second-order valence-corrected chi connectivity index (χ2v) is 7.06. The molecule has 2 aliphatic rings. The van der Waals surface area contributed by atoms with Gasteiger partial charge in [0.1, 0.15) is 0 Å². The van der Waals surface area contributed by atoms with Gasteiger partial charge in [0.25, 0.3) is 0 Å². The van der Waals surface area contributed by atoms with E-state index in [1.165, 1.54) is 56.1 Å². The summed E-state index contributed by atoms with van der Waals surface area (Å²) < 4.78 is 6.08. The minimum Gasteiger partial charge on any atom is -0.375 e. The Hall–Kier alpha value is -0.860. The molecule has 1 spiro atoms. The Labute approximate surface area is 129 Å². The third-order valence-electron chi connectivity index (χ3n) is 5.56. The van der Waals surface area contributed by atoms with Gasteiger partial charge in [-0.1, -0.05) is 29.8 Å². The maximum atomic E-state index is 6.08. The molecule has 1 aliphatic heterocycles. The molecular weight excluding hydrogens is 258 g/mol. The maximum Gasteiger partial charge on any atom is 0.0685 e. The zero-order chi connectivity index (χ0) is 14.7. The van der Waals surface area contributed by atoms with Gasteiger partial charge in [0.05, 0.1) is 5.60 Å². The van der Waals surface area contributed by atoms with Crippen molar-refractivity contribution in [1.29, 1.82) is 0 Å². The topological polar surface area (TPSA) is 21.3 Å². The van der Waals surface area contributed by atoms with Crippen LogP contribution in [0, 0.1) is 12.8 Å². The number of rotatable bonds is 5. The van der Waals surface area contributed by atoms with E-state index in [2.05, 4.69) is 43.6 Å². The van der Waals surface area contributed by atoms with Crippen molar-refractivity contribution in [1.82, 2.24) is 5.32 Å². The van der Waals surface area contributed by atoms with E-state index in [0.29, 0.717) is 6.04 Å². The Morgan fingerprint density at radius 1 is 1.38 bits per heavy atom. The predicted molar refractivity (Wildman–Crippen MR) is 87.6 cm³/mol. The summed E-state index contributed by atoms with van der Waals surface area (Å²) in [5.41, 5.74) is 3.11. The summed E-state index contributed by atoms with van der Waals surface area (Å²) in [5, 5.41) is 3.59. The van der Waals surface area contributed by atoms with Crippen molar-refractivity contribution in [3.63, 3.8) is 0 Å². The Morgan fingerprint density at radius 3 is 2.90 bits per heavy atom. The molecule has 1 saturated carbocycles. The number of nitrogens with one attached hydrogen (secondary N) is 1. The Bertz CT molecular complexity index is 466. The smallest absolute Gasteiger partial charge is 0.0685 e.